The van der Waals surface area contributed by atoms with Crippen LogP contribution < -0.4 is 0 Å². The molecule has 4 aromatic carbocycles. The van der Waals surface area contributed by atoms with E-state index < -0.39 is 4.92 Å². The van der Waals surface area contributed by atoms with Crippen molar-refractivity contribution >= 4 is 50.4 Å². The van der Waals surface area contributed by atoms with E-state index in [4.69, 9.17) is 10.2 Å². The van der Waals surface area contributed by atoms with Gasteiger partial charge in [-0.3, -0.25) is 10.1 Å². The summed E-state index contributed by atoms with van der Waals surface area (Å²) in [6.45, 7) is 2.92. The number of hydrogen-bond donors (Lipinski definition) is 0. The van der Waals surface area contributed by atoms with Crippen LogP contribution in [0.2, 0.25) is 0 Å². The predicted octanol–water partition coefficient (Wildman–Crippen LogP) is 9.76. The van der Waals surface area contributed by atoms with Crippen LogP contribution in [0, 0.1) is 21.4 Å². The minimum atomic E-state index is -0.447. The number of allylic oxidation sites excluding steroid dienone is 1. The standard InChI is InChI=1S/C33H29N5O2/c1-2-3-4-9-20-37-29(22-27(23-34)24-14-16-28(17-15-24)38(39)40)18-19-32(37)35-36-33-30-12-7-5-10-25(30)21-26-11-6-8-13-31(26)33/h5-8,10-19,21-22H,2-4,9,20H2,1H3/b27-22+,36-35?. The van der Waals surface area contributed by atoms with Crippen LogP contribution >= 0.6 is 0 Å². The van der Waals surface area contributed by atoms with Gasteiger partial charge >= 0.3 is 0 Å². The molecule has 5 rings (SSSR count). The second-order valence-corrected chi connectivity index (χ2v) is 9.67. The highest BCUT2D eigenvalue weighted by molar-refractivity contribution is 6.09. The molecule has 0 saturated heterocycles. The third-order valence-electron chi connectivity index (χ3n) is 7.02. The zero-order valence-electron chi connectivity index (χ0n) is 22.3. The number of nitro benzene ring substituents is 1. The Morgan fingerprint density at radius 1 is 0.900 bits per heavy atom. The minimum Gasteiger partial charge on any atom is -0.325 e. The Hall–Kier alpha value is -5.09. The van der Waals surface area contributed by atoms with Gasteiger partial charge in [-0.15, -0.1) is 10.2 Å². The minimum absolute atomic E-state index is 0.0102. The van der Waals surface area contributed by atoms with E-state index in [1.54, 1.807) is 12.1 Å². The van der Waals surface area contributed by atoms with Gasteiger partial charge in [0.05, 0.1) is 16.6 Å². The summed E-state index contributed by atoms with van der Waals surface area (Å²) in [5.41, 5.74) is 2.70. The lowest BCUT2D eigenvalue weighted by Gasteiger charge is -2.10. The number of nitriles is 1. The van der Waals surface area contributed by atoms with Crippen LogP contribution in [0.5, 0.6) is 0 Å². The van der Waals surface area contributed by atoms with E-state index >= 15 is 0 Å². The van der Waals surface area contributed by atoms with Gasteiger partial charge < -0.3 is 4.57 Å². The first-order chi connectivity index (χ1) is 19.6. The number of unbranched alkanes of at least 4 members (excludes halogenated alkanes) is 3. The lowest BCUT2D eigenvalue weighted by Crippen LogP contribution is -2.00. The van der Waals surface area contributed by atoms with E-state index in [9.17, 15) is 15.4 Å². The van der Waals surface area contributed by atoms with Crippen LogP contribution in [-0.2, 0) is 6.54 Å². The fourth-order valence-electron chi connectivity index (χ4n) is 4.92. The first-order valence-corrected chi connectivity index (χ1v) is 13.5. The monoisotopic (exact) mass is 527 g/mol. The second-order valence-electron chi connectivity index (χ2n) is 9.67. The van der Waals surface area contributed by atoms with Gasteiger partial charge in [0, 0.05) is 35.1 Å². The maximum absolute atomic E-state index is 11.0. The van der Waals surface area contributed by atoms with Crippen molar-refractivity contribution in [1.29, 1.82) is 5.26 Å². The van der Waals surface area contributed by atoms with Gasteiger partial charge in [-0.25, -0.2) is 0 Å². The lowest BCUT2D eigenvalue weighted by atomic mass is 10.0. The first kappa shape index (κ1) is 26.5. The van der Waals surface area contributed by atoms with Gasteiger partial charge in [0.15, 0.2) is 5.82 Å². The third kappa shape index (κ3) is 5.67. The Balaban J connectivity index is 1.56. The summed E-state index contributed by atoms with van der Waals surface area (Å²) in [6, 6.07) is 30.7. The number of benzene rings is 4. The molecule has 0 aliphatic heterocycles. The van der Waals surface area contributed by atoms with Crippen molar-refractivity contribution < 1.29 is 4.92 Å². The molecule has 0 N–H and O–H groups in total. The maximum Gasteiger partial charge on any atom is 0.269 e. The van der Waals surface area contributed by atoms with Gasteiger partial charge in [0.25, 0.3) is 5.69 Å². The molecule has 40 heavy (non-hydrogen) atoms. The van der Waals surface area contributed by atoms with Crippen LogP contribution in [0.3, 0.4) is 0 Å². The van der Waals surface area contributed by atoms with Gasteiger partial charge in [-0.1, -0.05) is 74.7 Å². The number of nitrogens with zero attached hydrogens (tertiary/aromatic N) is 5. The number of aromatic nitrogens is 1. The molecule has 0 spiro atoms. The van der Waals surface area contributed by atoms with Gasteiger partial charge in [0.1, 0.15) is 5.69 Å². The molecular formula is C33H29N5O2. The highest BCUT2D eigenvalue weighted by Gasteiger charge is 2.12. The van der Waals surface area contributed by atoms with Crippen molar-refractivity contribution in [2.45, 2.75) is 39.2 Å². The molecule has 0 saturated carbocycles. The zero-order valence-corrected chi connectivity index (χ0v) is 22.3. The van der Waals surface area contributed by atoms with Crippen molar-refractivity contribution in [3.8, 4) is 6.07 Å². The lowest BCUT2D eigenvalue weighted by molar-refractivity contribution is -0.384. The number of non-ortho nitro benzene ring substituents is 1. The predicted molar refractivity (Wildman–Crippen MR) is 161 cm³/mol. The summed E-state index contributed by atoms with van der Waals surface area (Å²) in [5, 5.41) is 34.8. The van der Waals surface area contributed by atoms with E-state index in [2.05, 4.69) is 47.9 Å². The van der Waals surface area contributed by atoms with E-state index in [1.165, 1.54) is 12.1 Å². The van der Waals surface area contributed by atoms with E-state index in [-0.39, 0.29) is 5.69 Å². The van der Waals surface area contributed by atoms with Crippen molar-refractivity contribution in [2.24, 2.45) is 10.2 Å². The molecule has 0 aliphatic rings. The second kappa shape index (κ2) is 12.2. The Kier molecular flexibility index (Phi) is 8.07. The summed E-state index contributed by atoms with van der Waals surface area (Å²) in [5.74, 6) is 0.709. The molecule has 0 bridgehead atoms. The molecular weight excluding hydrogens is 498 g/mol. The van der Waals surface area contributed by atoms with Gasteiger partial charge in [0.2, 0.25) is 0 Å². The highest BCUT2D eigenvalue weighted by Crippen LogP contribution is 2.36. The Morgan fingerprint density at radius 3 is 2.20 bits per heavy atom. The SMILES string of the molecule is CCCCCCn1c(/C=C(\C#N)c2ccc([N+](=O)[O-])cc2)ccc1N=Nc1c2ccccc2cc2ccccc12. The summed E-state index contributed by atoms with van der Waals surface area (Å²) in [4.78, 5) is 10.6. The summed E-state index contributed by atoms with van der Waals surface area (Å²) in [6.07, 6.45) is 6.17. The van der Waals surface area contributed by atoms with E-state index in [1.807, 2.05) is 42.5 Å². The molecule has 0 amide bonds. The van der Waals surface area contributed by atoms with Crippen molar-refractivity contribution in [3.63, 3.8) is 0 Å². The van der Waals surface area contributed by atoms with Crippen molar-refractivity contribution in [1.82, 2.24) is 4.57 Å². The summed E-state index contributed by atoms with van der Waals surface area (Å²) >= 11 is 0. The Morgan fingerprint density at radius 2 is 1.57 bits per heavy atom. The van der Waals surface area contributed by atoms with E-state index in [0.29, 0.717) is 17.0 Å². The Labute approximate surface area is 232 Å². The molecule has 0 unspecified atom stereocenters. The normalized spacial score (nSPS) is 11.8. The smallest absolute Gasteiger partial charge is 0.269 e. The number of azo groups is 1. The van der Waals surface area contributed by atoms with Crippen LogP contribution in [-0.4, -0.2) is 9.49 Å². The zero-order chi connectivity index (χ0) is 27.9. The topological polar surface area (TPSA) is 96.6 Å². The van der Waals surface area contributed by atoms with Crippen molar-refractivity contribution in [3.05, 3.63) is 112 Å². The van der Waals surface area contributed by atoms with Crippen molar-refractivity contribution in [2.75, 3.05) is 0 Å². The fourth-order valence-corrected chi connectivity index (χ4v) is 4.92. The quantitative estimate of drug-likeness (QED) is 0.0451. The number of fused-ring (bicyclic) bond motifs is 2. The number of nitro groups is 1. The molecule has 7 nitrogen and oxygen atoms in total. The number of hydrogen-bond acceptors (Lipinski definition) is 5. The molecule has 7 heteroatoms. The summed E-state index contributed by atoms with van der Waals surface area (Å²) in [7, 11) is 0. The van der Waals surface area contributed by atoms with Crippen LogP contribution in [0.4, 0.5) is 17.2 Å². The molecule has 198 valence electrons. The van der Waals surface area contributed by atoms with Crippen LogP contribution in [0.25, 0.3) is 33.2 Å². The molecule has 0 atom stereocenters. The molecule has 1 heterocycles. The maximum atomic E-state index is 11.0. The number of rotatable bonds is 10. The largest absolute Gasteiger partial charge is 0.325 e. The van der Waals surface area contributed by atoms with Crippen LogP contribution in [0.15, 0.2) is 101 Å². The van der Waals surface area contributed by atoms with Crippen LogP contribution in [0.1, 0.15) is 43.9 Å². The van der Waals surface area contributed by atoms with E-state index in [0.717, 1.165) is 65.2 Å². The molecule has 1 aromatic heterocycles. The first-order valence-electron chi connectivity index (χ1n) is 13.5. The molecule has 5 aromatic rings. The molecule has 0 fully saturated rings. The average molecular weight is 528 g/mol. The highest BCUT2D eigenvalue weighted by atomic mass is 16.6. The molecule has 0 aliphatic carbocycles. The summed E-state index contributed by atoms with van der Waals surface area (Å²) < 4.78 is 2.09. The average Bonchev–Trinajstić information content (AvgIpc) is 3.37. The Bertz CT molecular complexity index is 1720. The molecule has 0 radical (unpaired) electrons. The third-order valence-corrected chi connectivity index (χ3v) is 7.02. The fraction of sp³-hybridized carbons (Fsp3) is 0.182. The van der Waals surface area contributed by atoms with Gasteiger partial charge in [-0.2, -0.15) is 5.26 Å². The van der Waals surface area contributed by atoms with Gasteiger partial charge in [-0.05, 0) is 59.2 Å².